The van der Waals surface area contributed by atoms with Crippen LogP contribution in [0.5, 0.6) is 28.7 Å². The number of carbonyl (C=O) groups is 1. The molecule has 0 aromatic heterocycles. The fourth-order valence-corrected chi connectivity index (χ4v) is 3.52. The van der Waals surface area contributed by atoms with Crippen molar-refractivity contribution in [2.45, 2.75) is 6.42 Å². The number of ether oxygens (including phenoxy) is 6. The molecule has 0 amide bonds. The Bertz CT molecular complexity index is 924. The maximum Gasteiger partial charge on any atom is 0.334 e. The van der Waals surface area contributed by atoms with E-state index in [4.69, 9.17) is 28.4 Å². The average Bonchev–Trinajstić information content (AvgIpc) is 3.11. The third-order valence-electron chi connectivity index (χ3n) is 5.03. The van der Waals surface area contributed by atoms with Gasteiger partial charge in [0.05, 0.1) is 42.2 Å². The Morgan fingerprint density at radius 2 is 1.50 bits per heavy atom. The van der Waals surface area contributed by atoms with Crippen LogP contribution in [0.15, 0.2) is 35.9 Å². The lowest BCUT2D eigenvalue weighted by molar-refractivity contribution is -0.135. The smallest absolute Gasteiger partial charge is 0.334 e. The number of hydrogen-bond donors (Lipinski definition) is 0. The minimum absolute atomic E-state index is 0.103. The van der Waals surface area contributed by atoms with Gasteiger partial charge in [-0.25, -0.2) is 4.79 Å². The fraction of sp³-hybridized carbons (Fsp3) is 0.348. The van der Waals surface area contributed by atoms with Gasteiger partial charge < -0.3 is 28.4 Å². The molecule has 2 aromatic carbocycles. The molecule has 0 spiro atoms. The molecule has 0 N–H and O–H groups in total. The zero-order valence-corrected chi connectivity index (χ0v) is 17.8. The van der Waals surface area contributed by atoms with E-state index in [-0.39, 0.29) is 11.9 Å². The topological polar surface area (TPSA) is 72.5 Å². The fourth-order valence-electron chi connectivity index (χ4n) is 3.52. The molecule has 2 aromatic rings. The van der Waals surface area contributed by atoms with Crippen LogP contribution in [0.2, 0.25) is 0 Å². The Morgan fingerprint density at radius 3 is 2.07 bits per heavy atom. The molecule has 1 aliphatic rings. The summed E-state index contributed by atoms with van der Waals surface area (Å²) in [6.07, 6.45) is 2.42. The lowest BCUT2D eigenvalue weighted by Gasteiger charge is -2.15. The summed E-state index contributed by atoms with van der Waals surface area (Å²) >= 11 is 0. The van der Waals surface area contributed by atoms with Gasteiger partial charge in [-0.05, 0) is 47.9 Å². The third-order valence-corrected chi connectivity index (χ3v) is 5.03. The Kier molecular flexibility index (Phi) is 6.72. The molecule has 1 heterocycles. The maximum atomic E-state index is 12.4. The summed E-state index contributed by atoms with van der Waals surface area (Å²) in [5.41, 5.74) is 2.39. The molecule has 1 aliphatic heterocycles. The highest BCUT2D eigenvalue weighted by Gasteiger charge is 2.31. The highest BCUT2D eigenvalue weighted by Crippen LogP contribution is 2.40. The van der Waals surface area contributed by atoms with E-state index in [2.05, 4.69) is 0 Å². The molecule has 7 nitrogen and oxygen atoms in total. The number of rotatable bonds is 8. The second-order valence-corrected chi connectivity index (χ2v) is 6.75. The van der Waals surface area contributed by atoms with E-state index in [0.717, 1.165) is 11.1 Å². The van der Waals surface area contributed by atoms with Crippen LogP contribution in [0.3, 0.4) is 0 Å². The molecule has 1 fully saturated rings. The van der Waals surface area contributed by atoms with Crippen LogP contribution in [0.1, 0.15) is 11.1 Å². The van der Waals surface area contributed by atoms with Crippen molar-refractivity contribution >= 4 is 12.0 Å². The van der Waals surface area contributed by atoms with Crippen LogP contribution >= 0.6 is 0 Å². The second kappa shape index (κ2) is 9.43. The standard InChI is InChI=1S/C23H26O7/c1-25-18-7-6-14(10-19(18)26-2)9-17-16(13-30-23(17)24)8-15-11-20(27-3)22(29-5)21(12-15)28-4/h6-7,9-12,16H,8,13H2,1-5H3/b17-9-. The molecular formula is C23H26O7. The number of hydrogen-bond acceptors (Lipinski definition) is 7. The first-order valence-corrected chi connectivity index (χ1v) is 9.44. The number of cyclic esters (lactones) is 1. The molecule has 3 rings (SSSR count). The second-order valence-electron chi connectivity index (χ2n) is 6.75. The van der Waals surface area contributed by atoms with E-state index in [0.29, 0.717) is 47.3 Å². The van der Waals surface area contributed by atoms with Crippen LogP contribution in [0.4, 0.5) is 0 Å². The molecule has 1 atom stereocenters. The molecule has 30 heavy (non-hydrogen) atoms. The predicted octanol–water partition coefficient (Wildman–Crippen LogP) is 3.53. The highest BCUT2D eigenvalue weighted by molar-refractivity contribution is 5.96. The van der Waals surface area contributed by atoms with Gasteiger partial charge in [0.1, 0.15) is 0 Å². The van der Waals surface area contributed by atoms with Gasteiger partial charge >= 0.3 is 5.97 Å². The first-order chi connectivity index (χ1) is 14.5. The Balaban J connectivity index is 1.91. The van der Waals surface area contributed by atoms with E-state index in [1.165, 1.54) is 0 Å². The quantitative estimate of drug-likeness (QED) is 0.483. The third kappa shape index (κ3) is 4.30. The Hall–Kier alpha value is -3.35. The molecule has 7 heteroatoms. The molecular weight excluding hydrogens is 388 g/mol. The van der Waals surface area contributed by atoms with Gasteiger partial charge in [-0.15, -0.1) is 0 Å². The zero-order valence-electron chi connectivity index (χ0n) is 17.8. The number of carbonyl (C=O) groups excluding carboxylic acids is 1. The van der Waals surface area contributed by atoms with Crippen LogP contribution in [0.25, 0.3) is 6.08 Å². The van der Waals surface area contributed by atoms with Crippen LogP contribution in [0, 0.1) is 5.92 Å². The molecule has 0 aliphatic carbocycles. The first-order valence-electron chi connectivity index (χ1n) is 9.44. The van der Waals surface area contributed by atoms with Gasteiger partial charge in [-0.3, -0.25) is 0 Å². The summed E-state index contributed by atoms with van der Waals surface area (Å²) in [4.78, 5) is 12.4. The predicted molar refractivity (Wildman–Crippen MR) is 112 cm³/mol. The largest absolute Gasteiger partial charge is 0.493 e. The van der Waals surface area contributed by atoms with Crippen LogP contribution in [-0.4, -0.2) is 48.1 Å². The van der Waals surface area contributed by atoms with Crippen LogP contribution in [-0.2, 0) is 16.0 Å². The monoisotopic (exact) mass is 414 g/mol. The lowest BCUT2D eigenvalue weighted by atomic mass is 9.92. The van der Waals surface area contributed by atoms with Crippen LogP contribution < -0.4 is 23.7 Å². The summed E-state index contributed by atoms with van der Waals surface area (Å²) in [5.74, 6) is 2.48. The summed E-state index contributed by atoms with van der Waals surface area (Å²) < 4.78 is 32.2. The van der Waals surface area contributed by atoms with Crippen molar-refractivity contribution in [3.05, 3.63) is 47.0 Å². The van der Waals surface area contributed by atoms with E-state index in [1.54, 1.807) is 41.6 Å². The van der Waals surface area contributed by atoms with Crippen molar-refractivity contribution in [1.82, 2.24) is 0 Å². The minimum atomic E-state index is -0.317. The van der Waals surface area contributed by atoms with E-state index in [1.807, 2.05) is 30.3 Å². The van der Waals surface area contributed by atoms with Gasteiger partial charge in [-0.2, -0.15) is 0 Å². The van der Waals surface area contributed by atoms with Gasteiger partial charge in [0, 0.05) is 11.5 Å². The van der Waals surface area contributed by atoms with Crippen molar-refractivity contribution in [3.63, 3.8) is 0 Å². The number of methoxy groups -OCH3 is 5. The van der Waals surface area contributed by atoms with Gasteiger partial charge in [0.2, 0.25) is 5.75 Å². The summed E-state index contributed by atoms with van der Waals surface area (Å²) in [5, 5.41) is 0. The molecule has 160 valence electrons. The van der Waals surface area contributed by atoms with E-state index >= 15 is 0 Å². The van der Waals surface area contributed by atoms with Crippen molar-refractivity contribution in [2.24, 2.45) is 5.92 Å². The molecule has 1 unspecified atom stereocenters. The number of esters is 1. The Labute approximate surface area is 176 Å². The lowest BCUT2D eigenvalue weighted by Crippen LogP contribution is -2.08. The van der Waals surface area contributed by atoms with Crippen molar-refractivity contribution in [2.75, 3.05) is 42.2 Å². The SMILES string of the molecule is COc1ccc(/C=C2\C(=O)OCC2Cc2cc(OC)c(OC)c(OC)c2)cc1OC. The zero-order chi connectivity index (χ0) is 21.7. The Morgan fingerprint density at radius 1 is 0.867 bits per heavy atom. The molecule has 1 saturated heterocycles. The average molecular weight is 414 g/mol. The molecule has 0 bridgehead atoms. The van der Waals surface area contributed by atoms with Crippen molar-refractivity contribution in [1.29, 1.82) is 0 Å². The van der Waals surface area contributed by atoms with E-state index < -0.39 is 0 Å². The molecule has 0 radical (unpaired) electrons. The summed E-state index contributed by atoms with van der Waals surface area (Å²) in [6.45, 7) is 0.314. The van der Waals surface area contributed by atoms with Gasteiger partial charge in [0.15, 0.2) is 23.0 Å². The van der Waals surface area contributed by atoms with Crippen molar-refractivity contribution in [3.8, 4) is 28.7 Å². The van der Waals surface area contributed by atoms with Crippen molar-refractivity contribution < 1.29 is 33.2 Å². The minimum Gasteiger partial charge on any atom is -0.493 e. The normalized spacial score (nSPS) is 16.9. The maximum absolute atomic E-state index is 12.4. The highest BCUT2D eigenvalue weighted by atomic mass is 16.5. The van der Waals surface area contributed by atoms with E-state index in [9.17, 15) is 4.79 Å². The summed E-state index contributed by atoms with van der Waals surface area (Å²) in [6, 6.07) is 9.28. The van der Waals surface area contributed by atoms with Gasteiger partial charge in [-0.1, -0.05) is 6.07 Å². The first kappa shape index (κ1) is 21.4. The molecule has 0 saturated carbocycles. The van der Waals surface area contributed by atoms with Gasteiger partial charge in [0.25, 0.3) is 0 Å². The number of benzene rings is 2. The summed E-state index contributed by atoms with van der Waals surface area (Å²) in [7, 11) is 7.87.